The molecule has 1 N–H and O–H groups in total. The molecule has 1 nitrogen and oxygen atoms in total. The third-order valence-electron chi connectivity index (χ3n) is 2.52. The lowest BCUT2D eigenvalue weighted by atomic mass is 10.0. The Morgan fingerprint density at radius 3 is 2.56 bits per heavy atom. The highest BCUT2D eigenvalue weighted by atomic mass is 35.5. The molecule has 0 aromatic heterocycles. The molecule has 0 bridgehead atoms. The van der Waals surface area contributed by atoms with Gasteiger partial charge in [-0.3, -0.25) is 0 Å². The molecule has 0 heterocycles. The van der Waals surface area contributed by atoms with Crippen LogP contribution in [0.2, 0.25) is 5.02 Å². The van der Waals surface area contributed by atoms with Gasteiger partial charge in [-0.15, -0.1) is 0 Å². The number of rotatable bonds is 5. The first kappa shape index (κ1) is 15.2. The van der Waals surface area contributed by atoms with Crippen LogP contribution >= 0.6 is 11.6 Å². The molecular formula is C12H14ClF4N. The van der Waals surface area contributed by atoms with Crippen molar-refractivity contribution < 1.29 is 17.6 Å². The van der Waals surface area contributed by atoms with Gasteiger partial charge in [0.1, 0.15) is 5.82 Å². The lowest BCUT2D eigenvalue weighted by Crippen LogP contribution is -2.23. The first-order valence-corrected chi connectivity index (χ1v) is 5.97. The highest BCUT2D eigenvalue weighted by molar-refractivity contribution is 6.31. The SMILES string of the molecule is CCNC(CCC(F)(F)F)c1cccc(F)c1Cl. The summed E-state index contributed by atoms with van der Waals surface area (Å²) in [6, 6.07) is 3.56. The van der Waals surface area contributed by atoms with E-state index in [1.54, 1.807) is 6.92 Å². The predicted octanol–water partition coefficient (Wildman–Crippen LogP) is 4.47. The van der Waals surface area contributed by atoms with Gasteiger partial charge in [0.2, 0.25) is 0 Å². The molecule has 102 valence electrons. The van der Waals surface area contributed by atoms with Gasteiger partial charge >= 0.3 is 6.18 Å². The van der Waals surface area contributed by atoms with Gasteiger partial charge in [-0.25, -0.2) is 4.39 Å². The summed E-state index contributed by atoms with van der Waals surface area (Å²) in [6.45, 7) is 2.25. The number of nitrogens with one attached hydrogen (secondary N) is 1. The summed E-state index contributed by atoms with van der Waals surface area (Å²) in [4.78, 5) is 0. The molecule has 1 aromatic rings. The van der Waals surface area contributed by atoms with Crippen molar-refractivity contribution in [2.24, 2.45) is 0 Å². The molecule has 0 aliphatic carbocycles. The summed E-state index contributed by atoms with van der Waals surface area (Å²) in [5.41, 5.74) is 0.364. The van der Waals surface area contributed by atoms with Crippen LogP contribution < -0.4 is 5.32 Å². The van der Waals surface area contributed by atoms with Crippen LogP contribution in [0.4, 0.5) is 17.6 Å². The minimum absolute atomic E-state index is 0.120. The van der Waals surface area contributed by atoms with E-state index >= 15 is 0 Å². The van der Waals surface area contributed by atoms with Crippen molar-refractivity contribution in [3.05, 3.63) is 34.6 Å². The lowest BCUT2D eigenvalue weighted by molar-refractivity contribution is -0.136. The zero-order valence-corrected chi connectivity index (χ0v) is 10.6. The van der Waals surface area contributed by atoms with E-state index in [0.29, 0.717) is 12.1 Å². The number of hydrogen-bond donors (Lipinski definition) is 1. The van der Waals surface area contributed by atoms with Gasteiger partial charge in [-0.2, -0.15) is 13.2 Å². The molecule has 1 unspecified atom stereocenters. The molecule has 6 heteroatoms. The molecule has 18 heavy (non-hydrogen) atoms. The van der Waals surface area contributed by atoms with E-state index < -0.39 is 24.5 Å². The summed E-state index contributed by atoms with van der Waals surface area (Å²) < 4.78 is 49.9. The van der Waals surface area contributed by atoms with Crippen LogP contribution in [0.1, 0.15) is 31.4 Å². The zero-order valence-electron chi connectivity index (χ0n) is 9.82. The second-order valence-electron chi connectivity index (χ2n) is 3.91. The molecule has 0 aliphatic rings. The largest absolute Gasteiger partial charge is 0.389 e. The standard InChI is InChI=1S/C12H14ClF4N/c1-2-18-10(6-7-12(15,16)17)8-4-3-5-9(14)11(8)13/h3-5,10,18H,2,6-7H2,1H3. The number of benzene rings is 1. The summed E-state index contributed by atoms with van der Waals surface area (Å²) in [5, 5.41) is 2.77. The zero-order chi connectivity index (χ0) is 13.8. The van der Waals surface area contributed by atoms with Crippen LogP contribution in [0.5, 0.6) is 0 Å². The van der Waals surface area contributed by atoms with Crippen molar-refractivity contribution >= 4 is 11.6 Å². The monoisotopic (exact) mass is 283 g/mol. The molecule has 0 saturated carbocycles. The van der Waals surface area contributed by atoms with E-state index in [0.717, 1.165) is 0 Å². The molecule has 1 rings (SSSR count). The van der Waals surface area contributed by atoms with Crippen molar-refractivity contribution in [1.82, 2.24) is 5.32 Å². The summed E-state index contributed by atoms with van der Waals surface area (Å²) >= 11 is 5.78. The Morgan fingerprint density at radius 1 is 1.33 bits per heavy atom. The Morgan fingerprint density at radius 2 is 2.00 bits per heavy atom. The first-order chi connectivity index (χ1) is 8.35. The molecule has 1 aromatic carbocycles. The maximum atomic E-state index is 13.3. The van der Waals surface area contributed by atoms with Crippen LogP contribution in [0, 0.1) is 5.82 Å². The fourth-order valence-electron chi connectivity index (χ4n) is 1.71. The molecular weight excluding hydrogens is 270 g/mol. The van der Waals surface area contributed by atoms with E-state index in [-0.39, 0.29) is 11.4 Å². The summed E-state index contributed by atoms with van der Waals surface area (Å²) in [5.74, 6) is -0.621. The second-order valence-corrected chi connectivity index (χ2v) is 4.29. The van der Waals surface area contributed by atoms with E-state index in [2.05, 4.69) is 5.32 Å². The summed E-state index contributed by atoms with van der Waals surface area (Å²) in [7, 11) is 0. The molecule has 0 radical (unpaired) electrons. The van der Waals surface area contributed by atoms with Gasteiger partial charge < -0.3 is 5.32 Å². The lowest BCUT2D eigenvalue weighted by Gasteiger charge is -2.20. The van der Waals surface area contributed by atoms with Crippen LogP contribution in [0.25, 0.3) is 0 Å². The average molecular weight is 284 g/mol. The highest BCUT2D eigenvalue weighted by Crippen LogP contribution is 2.31. The third kappa shape index (κ3) is 4.46. The van der Waals surface area contributed by atoms with E-state index in [9.17, 15) is 17.6 Å². The van der Waals surface area contributed by atoms with Gasteiger partial charge in [0.25, 0.3) is 0 Å². The van der Waals surface area contributed by atoms with Crippen LogP contribution in [-0.2, 0) is 0 Å². The van der Waals surface area contributed by atoms with Crippen LogP contribution in [-0.4, -0.2) is 12.7 Å². The normalized spacial score (nSPS) is 13.7. The van der Waals surface area contributed by atoms with Crippen molar-refractivity contribution in [3.63, 3.8) is 0 Å². The van der Waals surface area contributed by atoms with Gasteiger partial charge in [-0.1, -0.05) is 30.7 Å². The topological polar surface area (TPSA) is 12.0 Å². The third-order valence-corrected chi connectivity index (χ3v) is 2.92. The van der Waals surface area contributed by atoms with Gasteiger partial charge in [-0.05, 0) is 24.6 Å². The molecule has 0 fully saturated rings. The van der Waals surface area contributed by atoms with Gasteiger partial charge in [0.15, 0.2) is 0 Å². The molecule has 0 aliphatic heterocycles. The maximum Gasteiger partial charge on any atom is 0.389 e. The molecule has 0 amide bonds. The van der Waals surface area contributed by atoms with Crippen molar-refractivity contribution in [1.29, 1.82) is 0 Å². The average Bonchev–Trinajstić information content (AvgIpc) is 2.27. The van der Waals surface area contributed by atoms with Gasteiger partial charge in [0, 0.05) is 12.5 Å². The molecule has 0 saturated heterocycles. The minimum atomic E-state index is -4.23. The van der Waals surface area contributed by atoms with E-state index in [1.165, 1.54) is 18.2 Å². The molecule has 0 spiro atoms. The maximum absolute atomic E-state index is 13.3. The predicted molar refractivity (Wildman–Crippen MR) is 63.1 cm³/mol. The van der Waals surface area contributed by atoms with Crippen LogP contribution in [0.3, 0.4) is 0 Å². The van der Waals surface area contributed by atoms with E-state index in [4.69, 9.17) is 11.6 Å². The molecule has 1 atom stereocenters. The fraction of sp³-hybridized carbons (Fsp3) is 0.500. The van der Waals surface area contributed by atoms with Crippen LogP contribution in [0.15, 0.2) is 18.2 Å². The minimum Gasteiger partial charge on any atom is -0.310 e. The number of hydrogen-bond acceptors (Lipinski definition) is 1. The first-order valence-electron chi connectivity index (χ1n) is 5.59. The Labute approximate surface area is 108 Å². The Kier molecular flexibility index (Phi) is 5.41. The van der Waals surface area contributed by atoms with Crippen molar-refractivity contribution in [3.8, 4) is 0 Å². The van der Waals surface area contributed by atoms with Crippen molar-refractivity contribution in [2.45, 2.75) is 32.0 Å². The Bertz CT molecular complexity index is 392. The second kappa shape index (κ2) is 6.38. The Hall–Kier alpha value is -0.810. The number of halogens is 5. The summed E-state index contributed by atoms with van der Waals surface area (Å²) in [6.07, 6.45) is -5.33. The number of alkyl halides is 3. The fourth-order valence-corrected chi connectivity index (χ4v) is 1.97. The quantitative estimate of drug-likeness (QED) is 0.786. The van der Waals surface area contributed by atoms with Gasteiger partial charge in [0.05, 0.1) is 5.02 Å². The van der Waals surface area contributed by atoms with Crippen molar-refractivity contribution in [2.75, 3.05) is 6.54 Å². The van der Waals surface area contributed by atoms with E-state index in [1.807, 2.05) is 0 Å². The highest BCUT2D eigenvalue weighted by Gasteiger charge is 2.29. The Balaban J connectivity index is 2.87. The smallest absolute Gasteiger partial charge is 0.310 e.